The summed E-state index contributed by atoms with van der Waals surface area (Å²) in [6, 6.07) is 4.65. The Morgan fingerprint density at radius 2 is 2.22 bits per heavy atom. The minimum atomic E-state index is -0.255. The molecule has 92 valence electrons. The Balaban J connectivity index is 1.78. The number of rotatable bonds is 3. The molecule has 0 atom stereocenters. The van der Waals surface area contributed by atoms with Crippen LogP contribution in [0.1, 0.15) is 9.88 Å². The molecule has 3 nitrogen and oxygen atoms in total. The van der Waals surface area contributed by atoms with Crippen LogP contribution in [0.25, 0.3) is 10.2 Å². The zero-order chi connectivity index (χ0) is 12.5. The summed E-state index contributed by atoms with van der Waals surface area (Å²) in [5, 5.41) is 5.04. The molecule has 0 amide bonds. The molecule has 0 saturated heterocycles. The molecule has 3 aromatic rings. The first-order valence-electron chi connectivity index (χ1n) is 5.42. The molecule has 3 rings (SSSR count). The van der Waals surface area contributed by atoms with Crippen LogP contribution in [-0.4, -0.2) is 9.97 Å². The van der Waals surface area contributed by atoms with Crippen LogP contribution in [0.5, 0.6) is 0 Å². The van der Waals surface area contributed by atoms with Gasteiger partial charge in [-0.1, -0.05) is 11.3 Å². The Morgan fingerprint density at radius 3 is 3.00 bits per heavy atom. The molecule has 0 aliphatic heterocycles. The van der Waals surface area contributed by atoms with E-state index in [1.807, 2.05) is 13.1 Å². The Bertz CT molecular complexity index is 690. The molecule has 1 aromatic carbocycles. The van der Waals surface area contributed by atoms with Gasteiger partial charge in [-0.15, -0.1) is 11.3 Å². The largest absolute Gasteiger partial charge is 0.355 e. The van der Waals surface area contributed by atoms with Crippen LogP contribution in [0, 0.1) is 12.7 Å². The summed E-state index contributed by atoms with van der Waals surface area (Å²) in [6.07, 6.45) is 1.86. The highest BCUT2D eigenvalue weighted by atomic mass is 32.1. The smallest absolute Gasteiger partial charge is 0.184 e. The maximum atomic E-state index is 13.0. The highest BCUT2D eigenvalue weighted by Gasteiger charge is 2.05. The van der Waals surface area contributed by atoms with E-state index in [1.54, 1.807) is 17.4 Å². The van der Waals surface area contributed by atoms with Crippen molar-refractivity contribution in [3.63, 3.8) is 0 Å². The third-order valence-corrected chi connectivity index (χ3v) is 4.32. The van der Waals surface area contributed by atoms with Crippen molar-refractivity contribution in [1.82, 2.24) is 9.97 Å². The third kappa shape index (κ3) is 2.34. The van der Waals surface area contributed by atoms with E-state index in [1.165, 1.54) is 28.3 Å². The summed E-state index contributed by atoms with van der Waals surface area (Å²) >= 11 is 3.18. The number of halogens is 1. The lowest BCUT2D eigenvalue weighted by Gasteiger charge is -1.97. The minimum absolute atomic E-state index is 0.255. The quantitative estimate of drug-likeness (QED) is 0.792. The molecule has 0 fully saturated rings. The third-order valence-electron chi connectivity index (χ3n) is 2.41. The summed E-state index contributed by atoms with van der Waals surface area (Å²) in [7, 11) is 0. The molecule has 0 aliphatic carbocycles. The number of hydrogen-bond donors (Lipinski definition) is 1. The summed E-state index contributed by atoms with van der Waals surface area (Å²) in [6.45, 7) is 2.68. The summed E-state index contributed by atoms with van der Waals surface area (Å²) in [5.74, 6) is -0.255. The van der Waals surface area contributed by atoms with Gasteiger partial charge < -0.3 is 5.32 Å². The first-order valence-corrected chi connectivity index (χ1v) is 7.05. The van der Waals surface area contributed by atoms with E-state index in [-0.39, 0.29) is 5.82 Å². The molecule has 0 aliphatic rings. The molecule has 0 bridgehead atoms. The van der Waals surface area contributed by atoms with Crippen molar-refractivity contribution >= 4 is 38.0 Å². The number of nitrogens with one attached hydrogen (secondary N) is 1. The van der Waals surface area contributed by atoms with Crippen LogP contribution in [0.3, 0.4) is 0 Å². The minimum Gasteiger partial charge on any atom is -0.355 e. The summed E-state index contributed by atoms with van der Waals surface area (Å²) in [5.41, 5.74) is 0.692. The zero-order valence-corrected chi connectivity index (χ0v) is 11.2. The predicted molar refractivity (Wildman–Crippen MR) is 73.8 cm³/mol. The monoisotopic (exact) mass is 279 g/mol. The van der Waals surface area contributed by atoms with Gasteiger partial charge in [0.2, 0.25) is 0 Å². The van der Waals surface area contributed by atoms with Gasteiger partial charge in [-0.25, -0.2) is 14.4 Å². The molecule has 0 spiro atoms. The molecule has 1 N–H and O–H groups in total. The molecule has 0 saturated carbocycles. The van der Waals surface area contributed by atoms with Gasteiger partial charge in [0.15, 0.2) is 5.13 Å². The molecule has 2 heterocycles. The molecule has 2 aromatic heterocycles. The fourth-order valence-electron chi connectivity index (χ4n) is 1.61. The summed E-state index contributed by atoms with van der Waals surface area (Å²) < 4.78 is 14.0. The van der Waals surface area contributed by atoms with E-state index in [0.717, 1.165) is 14.8 Å². The van der Waals surface area contributed by atoms with Crippen molar-refractivity contribution in [2.45, 2.75) is 13.5 Å². The van der Waals surface area contributed by atoms with Crippen LogP contribution in [-0.2, 0) is 6.54 Å². The average molecular weight is 279 g/mol. The number of nitrogens with zero attached hydrogens (tertiary/aromatic N) is 2. The maximum absolute atomic E-state index is 13.0. The van der Waals surface area contributed by atoms with Crippen LogP contribution >= 0.6 is 22.7 Å². The number of fused-ring (bicyclic) bond motifs is 1. The molecular formula is C12H10FN3S2. The van der Waals surface area contributed by atoms with Gasteiger partial charge in [0.25, 0.3) is 0 Å². The molecule has 18 heavy (non-hydrogen) atoms. The zero-order valence-electron chi connectivity index (χ0n) is 9.61. The van der Waals surface area contributed by atoms with Crippen molar-refractivity contribution in [2.24, 2.45) is 0 Å². The molecule has 6 heteroatoms. The van der Waals surface area contributed by atoms with Crippen LogP contribution in [0.4, 0.5) is 9.52 Å². The van der Waals surface area contributed by atoms with Crippen molar-refractivity contribution in [1.29, 1.82) is 0 Å². The summed E-state index contributed by atoms with van der Waals surface area (Å²) in [4.78, 5) is 9.80. The van der Waals surface area contributed by atoms with Gasteiger partial charge in [0, 0.05) is 17.1 Å². The predicted octanol–water partition coefficient (Wildman–Crippen LogP) is 3.81. The number of thiazole rings is 2. The number of benzene rings is 1. The average Bonchev–Trinajstić information content (AvgIpc) is 2.92. The van der Waals surface area contributed by atoms with Gasteiger partial charge >= 0.3 is 0 Å². The first-order chi connectivity index (χ1) is 8.70. The fourth-order valence-corrected chi connectivity index (χ4v) is 3.18. The first kappa shape index (κ1) is 11.6. The van der Waals surface area contributed by atoms with Crippen molar-refractivity contribution in [2.75, 3.05) is 5.32 Å². The standard InChI is InChI=1S/C12H10FN3S2/c1-7-5-14-11(17-7)6-15-12-16-9-4-8(13)2-3-10(9)18-12/h2-5H,6H2,1H3,(H,15,16). The van der Waals surface area contributed by atoms with Gasteiger partial charge in [-0.2, -0.15) is 0 Å². The molecular weight excluding hydrogens is 269 g/mol. The van der Waals surface area contributed by atoms with Gasteiger partial charge in [0.1, 0.15) is 10.8 Å². The number of anilines is 1. The lowest BCUT2D eigenvalue weighted by atomic mass is 10.3. The van der Waals surface area contributed by atoms with E-state index in [4.69, 9.17) is 0 Å². The second-order valence-electron chi connectivity index (χ2n) is 3.85. The number of hydrogen-bond acceptors (Lipinski definition) is 5. The van der Waals surface area contributed by atoms with Crippen LogP contribution in [0.15, 0.2) is 24.4 Å². The topological polar surface area (TPSA) is 37.8 Å². The maximum Gasteiger partial charge on any atom is 0.184 e. The second-order valence-corrected chi connectivity index (χ2v) is 6.20. The fraction of sp³-hybridized carbons (Fsp3) is 0.167. The van der Waals surface area contributed by atoms with Crippen molar-refractivity contribution in [3.05, 3.63) is 40.1 Å². The van der Waals surface area contributed by atoms with E-state index in [9.17, 15) is 4.39 Å². The van der Waals surface area contributed by atoms with Gasteiger partial charge in [-0.3, -0.25) is 0 Å². The Kier molecular flexibility index (Phi) is 2.97. The Morgan fingerprint density at radius 1 is 1.33 bits per heavy atom. The molecule has 0 radical (unpaired) electrons. The van der Waals surface area contributed by atoms with Gasteiger partial charge in [0.05, 0.1) is 16.8 Å². The molecule has 0 unspecified atom stereocenters. The van der Waals surface area contributed by atoms with E-state index in [0.29, 0.717) is 12.1 Å². The lowest BCUT2D eigenvalue weighted by molar-refractivity contribution is 0.629. The van der Waals surface area contributed by atoms with Crippen LogP contribution < -0.4 is 5.32 Å². The van der Waals surface area contributed by atoms with Crippen LogP contribution in [0.2, 0.25) is 0 Å². The van der Waals surface area contributed by atoms with E-state index in [2.05, 4.69) is 15.3 Å². The van der Waals surface area contributed by atoms with Crippen molar-refractivity contribution in [3.8, 4) is 0 Å². The van der Waals surface area contributed by atoms with E-state index < -0.39 is 0 Å². The normalized spacial score (nSPS) is 11.0. The highest BCUT2D eigenvalue weighted by molar-refractivity contribution is 7.22. The lowest BCUT2D eigenvalue weighted by Crippen LogP contribution is -1.97. The van der Waals surface area contributed by atoms with Gasteiger partial charge in [-0.05, 0) is 19.1 Å². The SMILES string of the molecule is Cc1cnc(CNc2nc3cc(F)ccc3s2)s1. The number of aryl methyl sites for hydroxylation is 1. The van der Waals surface area contributed by atoms with E-state index >= 15 is 0 Å². The van der Waals surface area contributed by atoms with Crippen molar-refractivity contribution < 1.29 is 4.39 Å². The Labute approximate surface area is 111 Å². The Hall–Kier alpha value is -1.53. The second kappa shape index (κ2) is 4.62. The highest BCUT2D eigenvalue weighted by Crippen LogP contribution is 2.26. The number of aromatic nitrogens is 2.